The Balaban J connectivity index is 1.60. The third-order valence-electron chi connectivity index (χ3n) is 4.37. The Morgan fingerprint density at radius 3 is 2.50 bits per heavy atom. The maximum atomic E-state index is 12.6. The van der Waals surface area contributed by atoms with E-state index >= 15 is 0 Å². The van der Waals surface area contributed by atoms with Crippen LogP contribution in [0.1, 0.15) is 19.8 Å². The lowest BCUT2D eigenvalue weighted by Crippen LogP contribution is -2.52. The number of aromatic nitrogens is 1. The van der Waals surface area contributed by atoms with Crippen LogP contribution >= 0.6 is 0 Å². The smallest absolute Gasteiger partial charge is 0.321 e. The topological polar surface area (TPSA) is 62.7 Å². The van der Waals surface area contributed by atoms with Gasteiger partial charge in [0.05, 0.1) is 6.61 Å². The molecular weight excluding hydrogens is 282 g/mol. The van der Waals surface area contributed by atoms with Crippen LogP contribution in [0.3, 0.4) is 0 Å². The molecular formula is C16H21N3O3. The number of nitrogens with zero attached hydrogens (tertiary/aromatic N) is 3. The van der Waals surface area contributed by atoms with Crippen LogP contribution in [0.25, 0.3) is 0 Å². The molecule has 1 aromatic heterocycles. The average Bonchev–Trinajstić information content (AvgIpc) is 3.37. The van der Waals surface area contributed by atoms with E-state index < -0.39 is 5.41 Å². The Kier molecular flexibility index (Phi) is 4.00. The van der Waals surface area contributed by atoms with Gasteiger partial charge in [-0.2, -0.15) is 0 Å². The molecule has 6 nitrogen and oxygen atoms in total. The van der Waals surface area contributed by atoms with Gasteiger partial charge in [-0.05, 0) is 31.9 Å². The maximum absolute atomic E-state index is 12.6. The fraction of sp³-hybridized carbons (Fsp3) is 0.562. The molecule has 1 aromatic rings. The molecule has 0 N–H and O–H groups in total. The van der Waals surface area contributed by atoms with Gasteiger partial charge in [-0.25, -0.2) is 4.98 Å². The van der Waals surface area contributed by atoms with Crippen molar-refractivity contribution < 1.29 is 14.3 Å². The molecule has 0 bridgehead atoms. The van der Waals surface area contributed by atoms with Crippen molar-refractivity contribution in [2.45, 2.75) is 19.8 Å². The third-order valence-corrected chi connectivity index (χ3v) is 4.37. The second-order valence-electron chi connectivity index (χ2n) is 5.77. The Morgan fingerprint density at radius 1 is 1.23 bits per heavy atom. The molecule has 0 aromatic carbocycles. The fourth-order valence-corrected chi connectivity index (χ4v) is 2.88. The normalized spacial score (nSPS) is 19.7. The molecule has 6 heteroatoms. The van der Waals surface area contributed by atoms with Gasteiger partial charge in [-0.15, -0.1) is 0 Å². The number of piperazine rings is 1. The third kappa shape index (κ3) is 2.65. The summed E-state index contributed by atoms with van der Waals surface area (Å²) in [6, 6.07) is 5.82. The lowest BCUT2D eigenvalue weighted by atomic mass is 10.1. The first-order valence-electron chi connectivity index (χ1n) is 7.80. The molecule has 0 unspecified atom stereocenters. The number of hydrogen-bond donors (Lipinski definition) is 0. The monoisotopic (exact) mass is 303 g/mol. The summed E-state index contributed by atoms with van der Waals surface area (Å²) in [7, 11) is 0. The number of esters is 1. The number of carbonyl (C=O) groups excluding carboxylic acids is 2. The molecule has 3 rings (SSSR count). The minimum atomic E-state index is -0.886. The summed E-state index contributed by atoms with van der Waals surface area (Å²) >= 11 is 0. The molecule has 0 spiro atoms. The number of carbonyl (C=O) groups is 2. The van der Waals surface area contributed by atoms with Crippen LogP contribution in [-0.4, -0.2) is 54.5 Å². The number of rotatable bonds is 4. The highest BCUT2D eigenvalue weighted by Gasteiger charge is 2.59. The zero-order valence-corrected chi connectivity index (χ0v) is 12.8. The predicted molar refractivity (Wildman–Crippen MR) is 81.3 cm³/mol. The zero-order valence-electron chi connectivity index (χ0n) is 12.8. The number of amides is 1. The molecule has 2 heterocycles. The first-order chi connectivity index (χ1) is 10.7. The van der Waals surface area contributed by atoms with E-state index in [4.69, 9.17) is 4.74 Å². The molecule has 1 amide bonds. The predicted octanol–water partition coefficient (Wildman–Crippen LogP) is 1.07. The van der Waals surface area contributed by atoms with E-state index in [1.165, 1.54) is 0 Å². The van der Waals surface area contributed by atoms with Gasteiger partial charge in [-0.3, -0.25) is 9.59 Å². The maximum Gasteiger partial charge on any atom is 0.321 e. The van der Waals surface area contributed by atoms with Crippen molar-refractivity contribution >= 4 is 17.7 Å². The molecule has 2 aliphatic rings. The quantitative estimate of drug-likeness (QED) is 0.615. The molecule has 2 fully saturated rings. The highest BCUT2D eigenvalue weighted by Crippen LogP contribution is 2.48. The molecule has 0 radical (unpaired) electrons. The van der Waals surface area contributed by atoms with Gasteiger partial charge in [0.2, 0.25) is 5.91 Å². The standard InChI is InChI=1S/C16H21N3O3/c1-2-22-15(21)16(6-7-16)14(20)19-11-9-18(10-12-19)13-5-3-4-8-17-13/h3-5,8H,2,6-7,9-12H2,1H3. The fourth-order valence-electron chi connectivity index (χ4n) is 2.88. The minimum Gasteiger partial charge on any atom is -0.465 e. The Labute approximate surface area is 130 Å². The second kappa shape index (κ2) is 5.94. The molecule has 1 aliphatic heterocycles. The van der Waals surface area contributed by atoms with E-state index in [9.17, 15) is 9.59 Å². The van der Waals surface area contributed by atoms with E-state index in [2.05, 4.69) is 9.88 Å². The van der Waals surface area contributed by atoms with Crippen LogP contribution < -0.4 is 4.90 Å². The summed E-state index contributed by atoms with van der Waals surface area (Å²) < 4.78 is 5.06. The van der Waals surface area contributed by atoms with Crippen molar-refractivity contribution in [1.82, 2.24) is 9.88 Å². The van der Waals surface area contributed by atoms with Gasteiger partial charge in [0.15, 0.2) is 0 Å². The molecule has 1 aliphatic carbocycles. The molecule has 1 saturated carbocycles. The number of hydrogen-bond acceptors (Lipinski definition) is 5. The van der Waals surface area contributed by atoms with E-state index in [1.807, 2.05) is 18.2 Å². The molecule has 22 heavy (non-hydrogen) atoms. The Bertz CT molecular complexity index is 549. The van der Waals surface area contributed by atoms with Crippen LogP contribution in [-0.2, 0) is 14.3 Å². The summed E-state index contributed by atoms with van der Waals surface area (Å²) in [5, 5.41) is 0. The first kappa shape index (κ1) is 14.8. The minimum absolute atomic E-state index is 0.0633. The second-order valence-corrected chi connectivity index (χ2v) is 5.77. The molecule has 1 saturated heterocycles. The summed E-state index contributed by atoms with van der Waals surface area (Å²) in [4.78, 5) is 32.9. The SMILES string of the molecule is CCOC(=O)C1(C(=O)N2CCN(c3ccccn3)CC2)CC1. The van der Waals surface area contributed by atoms with Crippen LogP contribution in [0.2, 0.25) is 0 Å². The van der Waals surface area contributed by atoms with Gasteiger partial charge in [0.25, 0.3) is 0 Å². The van der Waals surface area contributed by atoms with Crippen LogP contribution in [0, 0.1) is 5.41 Å². The van der Waals surface area contributed by atoms with E-state index in [1.54, 1.807) is 18.0 Å². The van der Waals surface area contributed by atoms with Gasteiger partial charge in [0.1, 0.15) is 11.2 Å². The van der Waals surface area contributed by atoms with Crippen molar-refractivity contribution in [3.05, 3.63) is 24.4 Å². The number of ether oxygens (including phenoxy) is 1. The molecule has 118 valence electrons. The number of pyridine rings is 1. The van der Waals surface area contributed by atoms with Crippen molar-refractivity contribution in [3.8, 4) is 0 Å². The number of anilines is 1. The van der Waals surface area contributed by atoms with Crippen molar-refractivity contribution in [2.24, 2.45) is 5.41 Å². The zero-order chi connectivity index (χ0) is 15.6. The highest BCUT2D eigenvalue weighted by atomic mass is 16.5. The van der Waals surface area contributed by atoms with Crippen molar-refractivity contribution in [2.75, 3.05) is 37.7 Å². The first-order valence-corrected chi connectivity index (χ1v) is 7.80. The van der Waals surface area contributed by atoms with Gasteiger partial charge in [0, 0.05) is 32.4 Å². The summed E-state index contributed by atoms with van der Waals surface area (Å²) in [5.41, 5.74) is -0.886. The largest absolute Gasteiger partial charge is 0.465 e. The Morgan fingerprint density at radius 2 is 1.95 bits per heavy atom. The lowest BCUT2D eigenvalue weighted by Gasteiger charge is -2.36. The van der Waals surface area contributed by atoms with Crippen LogP contribution in [0.5, 0.6) is 0 Å². The van der Waals surface area contributed by atoms with E-state index in [-0.39, 0.29) is 11.9 Å². The molecule has 0 atom stereocenters. The van der Waals surface area contributed by atoms with Crippen molar-refractivity contribution in [3.63, 3.8) is 0 Å². The summed E-state index contributed by atoms with van der Waals surface area (Å²) in [6.45, 7) is 4.81. The summed E-state index contributed by atoms with van der Waals surface area (Å²) in [6.07, 6.45) is 3.00. The summed E-state index contributed by atoms with van der Waals surface area (Å²) in [5.74, 6) is 0.514. The lowest BCUT2D eigenvalue weighted by molar-refractivity contribution is -0.158. The van der Waals surface area contributed by atoms with Crippen LogP contribution in [0.4, 0.5) is 5.82 Å². The van der Waals surface area contributed by atoms with Crippen molar-refractivity contribution in [1.29, 1.82) is 0 Å². The average molecular weight is 303 g/mol. The van der Waals surface area contributed by atoms with E-state index in [0.717, 1.165) is 18.9 Å². The van der Waals surface area contributed by atoms with Gasteiger partial charge < -0.3 is 14.5 Å². The van der Waals surface area contributed by atoms with Crippen LogP contribution in [0.15, 0.2) is 24.4 Å². The van der Waals surface area contributed by atoms with Gasteiger partial charge >= 0.3 is 5.97 Å². The Hall–Kier alpha value is -2.11. The van der Waals surface area contributed by atoms with Gasteiger partial charge in [-0.1, -0.05) is 6.07 Å². The highest BCUT2D eigenvalue weighted by molar-refractivity contribution is 6.05. The van der Waals surface area contributed by atoms with E-state index in [0.29, 0.717) is 32.5 Å².